The molecule has 0 aliphatic heterocycles. The van der Waals surface area contributed by atoms with Gasteiger partial charge < -0.3 is 10.1 Å². The molecule has 3 aromatic rings. The summed E-state index contributed by atoms with van der Waals surface area (Å²) in [7, 11) is 0. The predicted octanol–water partition coefficient (Wildman–Crippen LogP) is 2.37. The minimum atomic E-state index is -0.228. The second kappa shape index (κ2) is 6.48. The number of ether oxygens (including phenoxy) is 1. The fraction of sp³-hybridized carbons (Fsp3) is 0.235. The number of carbonyl (C=O) groups excluding carboxylic acids is 1. The van der Waals surface area contributed by atoms with Crippen LogP contribution in [0.2, 0.25) is 0 Å². The van der Waals surface area contributed by atoms with Crippen molar-refractivity contribution in [3.05, 3.63) is 59.4 Å². The Balaban J connectivity index is 1.71. The Morgan fingerprint density at radius 2 is 2.00 bits per heavy atom. The zero-order valence-corrected chi connectivity index (χ0v) is 13.1. The number of hydrogen-bond acceptors (Lipinski definition) is 4. The lowest BCUT2D eigenvalue weighted by Crippen LogP contribution is -2.23. The normalized spacial score (nSPS) is 10.7. The molecule has 0 saturated heterocycles. The van der Waals surface area contributed by atoms with Gasteiger partial charge in [-0.3, -0.25) is 4.79 Å². The van der Waals surface area contributed by atoms with Gasteiger partial charge >= 0.3 is 0 Å². The molecule has 1 amide bonds. The fourth-order valence-corrected chi connectivity index (χ4v) is 2.18. The molecule has 0 aliphatic rings. The standard InChI is InChI=1S/C17H18N4O2/c1-3-23-16-9-8-15-19-14(11-21(15)20-16)17(22)18-10-13-6-4-12(2)5-7-13/h4-9,11H,3,10H2,1-2H3,(H,18,22). The maximum Gasteiger partial charge on any atom is 0.271 e. The summed E-state index contributed by atoms with van der Waals surface area (Å²) in [6.07, 6.45) is 1.60. The van der Waals surface area contributed by atoms with E-state index in [1.807, 2.05) is 38.1 Å². The van der Waals surface area contributed by atoms with E-state index >= 15 is 0 Å². The summed E-state index contributed by atoms with van der Waals surface area (Å²) < 4.78 is 6.89. The molecule has 0 atom stereocenters. The minimum Gasteiger partial charge on any atom is -0.477 e. The Morgan fingerprint density at radius 1 is 1.22 bits per heavy atom. The molecule has 118 valence electrons. The van der Waals surface area contributed by atoms with Gasteiger partial charge in [0.15, 0.2) is 5.65 Å². The van der Waals surface area contributed by atoms with E-state index in [9.17, 15) is 4.79 Å². The first-order valence-electron chi connectivity index (χ1n) is 7.48. The van der Waals surface area contributed by atoms with Gasteiger partial charge in [-0.25, -0.2) is 9.50 Å². The number of aromatic nitrogens is 3. The molecule has 0 fully saturated rings. The average molecular weight is 310 g/mol. The van der Waals surface area contributed by atoms with Gasteiger partial charge in [0.25, 0.3) is 5.91 Å². The van der Waals surface area contributed by atoms with Crippen LogP contribution in [0.4, 0.5) is 0 Å². The Bertz CT molecular complexity index is 824. The van der Waals surface area contributed by atoms with E-state index in [2.05, 4.69) is 15.4 Å². The largest absolute Gasteiger partial charge is 0.477 e. The van der Waals surface area contributed by atoms with E-state index in [-0.39, 0.29) is 5.91 Å². The van der Waals surface area contributed by atoms with Crippen LogP contribution in [0.5, 0.6) is 5.88 Å². The lowest BCUT2D eigenvalue weighted by atomic mass is 10.1. The number of nitrogens with zero attached hydrogens (tertiary/aromatic N) is 3. The number of fused-ring (bicyclic) bond motifs is 1. The van der Waals surface area contributed by atoms with Crippen molar-refractivity contribution in [1.29, 1.82) is 0 Å². The molecular weight excluding hydrogens is 292 g/mol. The number of benzene rings is 1. The molecular formula is C17H18N4O2. The maximum atomic E-state index is 12.2. The van der Waals surface area contributed by atoms with Gasteiger partial charge in [-0.05, 0) is 25.5 Å². The molecule has 0 aliphatic carbocycles. The van der Waals surface area contributed by atoms with Crippen LogP contribution in [0.1, 0.15) is 28.5 Å². The van der Waals surface area contributed by atoms with Crippen molar-refractivity contribution >= 4 is 11.6 Å². The molecule has 0 radical (unpaired) electrons. The van der Waals surface area contributed by atoms with Crippen LogP contribution in [0.3, 0.4) is 0 Å². The number of nitrogens with one attached hydrogen (secondary N) is 1. The molecule has 2 heterocycles. The summed E-state index contributed by atoms with van der Waals surface area (Å²) in [6, 6.07) is 11.5. The molecule has 0 bridgehead atoms. The summed E-state index contributed by atoms with van der Waals surface area (Å²) in [5.74, 6) is 0.276. The third-order valence-electron chi connectivity index (χ3n) is 3.39. The van der Waals surface area contributed by atoms with Crippen LogP contribution in [-0.4, -0.2) is 27.1 Å². The fourth-order valence-electron chi connectivity index (χ4n) is 2.18. The SMILES string of the molecule is CCOc1ccc2nc(C(=O)NCc3ccc(C)cc3)cn2n1. The molecule has 6 nitrogen and oxygen atoms in total. The highest BCUT2D eigenvalue weighted by Gasteiger charge is 2.11. The topological polar surface area (TPSA) is 68.5 Å². The van der Waals surface area contributed by atoms with Gasteiger partial charge in [0.05, 0.1) is 12.8 Å². The second-order valence-electron chi connectivity index (χ2n) is 5.20. The van der Waals surface area contributed by atoms with E-state index in [1.165, 1.54) is 5.56 Å². The summed E-state index contributed by atoms with van der Waals surface area (Å²) in [5, 5.41) is 7.11. The second-order valence-corrected chi connectivity index (χ2v) is 5.20. The summed E-state index contributed by atoms with van der Waals surface area (Å²) in [5.41, 5.74) is 3.17. The Morgan fingerprint density at radius 3 is 2.74 bits per heavy atom. The zero-order valence-electron chi connectivity index (χ0n) is 13.1. The molecule has 2 aromatic heterocycles. The third kappa shape index (κ3) is 3.48. The van der Waals surface area contributed by atoms with Crippen molar-refractivity contribution in [1.82, 2.24) is 19.9 Å². The van der Waals surface area contributed by atoms with Gasteiger partial charge in [0.1, 0.15) is 5.69 Å². The molecule has 6 heteroatoms. The van der Waals surface area contributed by atoms with Gasteiger partial charge in [-0.1, -0.05) is 29.8 Å². The zero-order chi connectivity index (χ0) is 16.2. The Hall–Kier alpha value is -2.89. The average Bonchev–Trinajstić information content (AvgIpc) is 2.98. The minimum absolute atomic E-state index is 0.228. The number of rotatable bonds is 5. The first-order valence-corrected chi connectivity index (χ1v) is 7.48. The maximum absolute atomic E-state index is 12.2. The lowest BCUT2D eigenvalue weighted by molar-refractivity contribution is 0.0946. The van der Waals surface area contributed by atoms with Crippen molar-refractivity contribution in [3.8, 4) is 5.88 Å². The number of aryl methyl sites for hydroxylation is 1. The number of carbonyl (C=O) groups is 1. The predicted molar refractivity (Wildman–Crippen MR) is 86.5 cm³/mol. The molecule has 1 aromatic carbocycles. The molecule has 0 spiro atoms. The number of imidazole rings is 1. The van der Waals surface area contributed by atoms with Crippen LogP contribution in [-0.2, 0) is 6.54 Å². The smallest absolute Gasteiger partial charge is 0.271 e. The van der Waals surface area contributed by atoms with Crippen molar-refractivity contribution in [2.24, 2.45) is 0 Å². The van der Waals surface area contributed by atoms with Crippen molar-refractivity contribution in [3.63, 3.8) is 0 Å². The van der Waals surface area contributed by atoms with E-state index in [0.29, 0.717) is 30.4 Å². The molecule has 23 heavy (non-hydrogen) atoms. The van der Waals surface area contributed by atoms with Crippen molar-refractivity contribution < 1.29 is 9.53 Å². The first kappa shape index (κ1) is 15.0. The van der Waals surface area contributed by atoms with Gasteiger partial charge in [-0.15, -0.1) is 5.10 Å². The monoisotopic (exact) mass is 310 g/mol. The van der Waals surface area contributed by atoms with Crippen LogP contribution in [0, 0.1) is 6.92 Å². The molecule has 0 saturated carbocycles. The lowest BCUT2D eigenvalue weighted by Gasteiger charge is -2.03. The number of hydrogen-bond donors (Lipinski definition) is 1. The van der Waals surface area contributed by atoms with Crippen molar-refractivity contribution in [2.45, 2.75) is 20.4 Å². The van der Waals surface area contributed by atoms with Crippen LogP contribution in [0.15, 0.2) is 42.6 Å². The first-order chi connectivity index (χ1) is 11.2. The van der Waals surface area contributed by atoms with E-state index in [4.69, 9.17) is 4.74 Å². The molecule has 0 unspecified atom stereocenters. The van der Waals surface area contributed by atoms with Crippen LogP contribution in [0.25, 0.3) is 5.65 Å². The summed E-state index contributed by atoms with van der Waals surface area (Å²) >= 11 is 0. The third-order valence-corrected chi connectivity index (χ3v) is 3.39. The Labute approximate surface area is 134 Å². The van der Waals surface area contributed by atoms with Gasteiger partial charge in [-0.2, -0.15) is 0 Å². The van der Waals surface area contributed by atoms with Gasteiger partial charge in [0.2, 0.25) is 5.88 Å². The highest BCUT2D eigenvalue weighted by atomic mass is 16.5. The van der Waals surface area contributed by atoms with Crippen molar-refractivity contribution in [2.75, 3.05) is 6.61 Å². The van der Waals surface area contributed by atoms with Crippen LogP contribution < -0.4 is 10.1 Å². The highest BCUT2D eigenvalue weighted by molar-refractivity contribution is 5.92. The van der Waals surface area contributed by atoms with Gasteiger partial charge in [0, 0.05) is 12.6 Å². The summed E-state index contributed by atoms with van der Waals surface area (Å²) in [4.78, 5) is 16.5. The Kier molecular flexibility index (Phi) is 4.23. The van der Waals surface area contributed by atoms with Crippen LogP contribution >= 0.6 is 0 Å². The molecule has 1 N–H and O–H groups in total. The molecule has 3 rings (SSSR count). The van der Waals surface area contributed by atoms with E-state index in [1.54, 1.807) is 22.8 Å². The highest BCUT2D eigenvalue weighted by Crippen LogP contribution is 2.10. The van der Waals surface area contributed by atoms with E-state index < -0.39 is 0 Å². The summed E-state index contributed by atoms with van der Waals surface area (Å²) in [6.45, 7) is 4.92. The van der Waals surface area contributed by atoms with E-state index in [0.717, 1.165) is 5.56 Å². The quantitative estimate of drug-likeness (QED) is 0.785. The number of amides is 1.